The van der Waals surface area contributed by atoms with E-state index in [-0.39, 0.29) is 11.1 Å². The van der Waals surface area contributed by atoms with Gasteiger partial charge < -0.3 is 13.9 Å². The average molecular weight is 438 g/mol. The van der Waals surface area contributed by atoms with Crippen LogP contribution < -0.4 is 19.6 Å². The van der Waals surface area contributed by atoms with Crippen LogP contribution in [-0.4, -0.2) is 23.6 Å². The maximum Gasteiger partial charge on any atom is 0.338 e. The van der Waals surface area contributed by atoms with Crippen LogP contribution in [0.25, 0.3) is 6.08 Å². The molecule has 0 amide bonds. The summed E-state index contributed by atoms with van der Waals surface area (Å²) >= 11 is 1.21. The molecule has 0 unspecified atom stereocenters. The molecule has 0 radical (unpaired) electrons. The van der Waals surface area contributed by atoms with Crippen LogP contribution >= 0.6 is 11.3 Å². The molecule has 0 saturated heterocycles. The number of methoxy groups -OCH3 is 1. The highest BCUT2D eigenvalue weighted by Crippen LogP contribution is 2.31. The molecular formula is C22H18N2O6S. The van der Waals surface area contributed by atoms with E-state index in [2.05, 4.69) is 4.99 Å². The number of nitrogens with zero attached hydrogens (tertiary/aromatic N) is 2. The molecule has 0 bridgehead atoms. The van der Waals surface area contributed by atoms with Crippen LogP contribution in [0.15, 0.2) is 68.1 Å². The fourth-order valence-electron chi connectivity index (χ4n) is 3.39. The molecule has 0 N–H and O–H groups in total. The predicted molar refractivity (Wildman–Crippen MR) is 112 cm³/mol. The zero-order valence-corrected chi connectivity index (χ0v) is 17.8. The molecule has 0 fully saturated rings. The lowest BCUT2D eigenvalue weighted by atomic mass is 9.96. The van der Waals surface area contributed by atoms with E-state index < -0.39 is 18.0 Å². The summed E-state index contributed by atoms with van der Waals surface area (Å²) in [6, 6.07) is 9.36. The predicted octanol–water partition coefficient (Wildman–Crippen LogP) is 1.93. The maximum absolute atomic E-state index is 13.3. The summed E-state index contributed by atoms with van der Waals surface area (Å²) in [4.78, 5) is 42.1. The number of fused-ring (bicyclic) bond motifs is 1. The molecular weight excluding hydrogens is 420 g/mol. The topological polar surface area (TPSA) is 100 Å². The number of aromatic nitrogens is 1. The number of rotatable bonds is 4. The Morgan fingerprint density at radius 2 is 1.97 bits per heavy atom. The molecule has 0 spiro atoms. The second-order valence-electron chi connectivity index (χ2n) is 6.75. The Bertz CT molecular complexity index is 1360. The Morgan fingerprint density at radius 1 is 1.23 bits per heavy atom. The highest BCUT2D eigenvalue weighted by molar-refractivity contribution is 7.07. The highest BCUT2D eigenvalue weighted by Gasteiger charge is 2.33. The molecule has 31 heavy (non-hydrogen) atoms. The minimum absolute atomic E-state index is 0.264. The zero-order valence-electron chi connectivity index (χ0n) is 16.9. The second-order valence-corrected chi connectivity index (χ2v) is 7.76. The SMILES string of the molecule is COC(=O)C1=C(C)N=c2s/c(=C/c3ccco3)c(=O)n2[C@@H]1c1ccc(OC(C)=O)cc1. The van der Waals surface area contributed by atoms with Crippen molar-refractivity contribution in [2.24, 2.45) is 4.99 Å². The van der Waals surface area contributed by atoms with Gasteiger partial charge in [-0.25, -0.2) is 9.79 Å². The minimum atomic E-state index is -0.742. The maximum atomic E-state index is 13.3. The number of allylic oxidation sites excluding steroid dienone is 1. The first kappa shape index (κ1) is 20.5. The van der Waals surface area contributed by atoms with Gasteiger partial charge in [0.05, 0.1) is 35.2 Å². The van der Waals surface area contributed by atoms with Gasteiger partial charge in [0.1, 0.15) is 11.5 Å². The lowest BCUT2D eigenvalue weighted by Gasteiger charge is -2.24. The van der Waals surface area contributed by atoms with Gasteiger partial charge in [-0.1, -0.05) is 23.5 Å². The van der Waals surface area contributed by atoms with Gasteiger partial charge in [-0.3, -0.25) is 14.2 Å². The van der Waals surface area contributed by atoms with E-state index in [0.717, 1.165) is 0 Å². The summed E-state index contributed by atoms with van der Waals surface area (Å²) in [5.74, 6) is -0.112. The van der Waals surface area contributed by atoms with Crippen molar-refractivity contribution in [3.63, 3.8) is 0 Å². The van der Waals surface area contributed by atoms with Gasteiger partial charge in [0.2, 0.25) is 0 Å². The number of hydrogen-bond acceptors (Lipinski definition) is 8. The quantitative estimate of drug-likeness (QED) is 0.456. The van der Waals surface area contributed by atoms with Gasteiger partial charge >= 0.3 is 11.9 Å². The van der Waals surface area contributed by atoms with Gasteiger partial charge in [-0.15, -0.1) is 0 Å². The number of ether oxygens (including phenoxy) is 2. The fourth-order valence-corrected chi connectivity index (χ4v) is 4.42. The van der Waals surface area contributed by atoms with Crippen molar-refractivity contribution in [3.05, 3.63) is 84.9 Å². The summed E-state index contributed by atoms with van der Waals surface area (Å²) in [6.07, 6.45) is 3.16. The van der Waals surface area contributed by atoms with Crippen LogP contribution in [0.1, 0.15) is 31.2 Å². The second kappa shape index (κ2) is 8.19. The summed E-state index contributed by atoms with van der Waals surface area (Å²) in [5.41, 5.74) is 1.07. The third kappa shape index (κ3) is 3.87. The summed E-state index contributed by atoms with van der Waals surface area (Å²) in [7, 11) is 1.28. The van der Waals surface area contributed by atoms with E-state index in [4.69, 9.17) is 13.9 Å². The van der Waals surface area contributed by atoms with Gasteiger partial charge in [0, 0.05) is 13.0 Å². The van der Waals surface area contributed by atoms with Gasteiger partial charge in [-0.2, -0.15) is 0 Å². The van der Waals surface area contributed by atoms with Crippen LogP contribution in [0.3, 0.4) is 0 Å². The molecule has 2 aromatic heterocycles. The summed E-state index contributed by atoms with van der Waals surface area (Å²) in [5, 5.41) is 0. The van der Waals surface area contributed by atoms with Gasteiger partial charge in [0.15, 0.2) is 4.80 Å². The van der Waals surface area contributed by atoms with E-state index in [1.165, 1.54) is 36.2 Å². The molecule has 158 valence electrons. The van der Waals surface area contributed by atoms with Gasteiger partial charge in [0.25, 0.3) is 5.56 Å². The Labute approximate surface area is 180 Å². The van der Waals surface area contributed by atoms with Crippen LogP contribution in [0, 0.1) is 0 Å². The molecule has 4 rings (SSSR count). The largest absolute Gasteiger partial charge is 0.466 e. The van der Waals surface area contributed by atoms with Crippen molar-refractivity contribution in [1.29, 1.82) is 0 Å². The minimum Gasteiger partial charge on any atom is -0.466 e. The normalized spacial score (nSPS) is 16.0. The van der Waals surface area contributed by atoms with E-state index >= 15 is 0 Å². The van der Waals surface area contributed by atoms with E-state index in [1.54, 1.807) is 49.4 Å². The number of furan rings is 1. The first-order chi connectivity index (χ1) is 14.9. The summed E-state index contributed by atoms with van der Waals surface area (Å²) in [6.45, 7) is 3.02. The Hall–Kier alpha value is -3.72. The standard InChI is InChI=1S/C22H18N2O6S/c1-12-18(21(27)28-3)19(14-6-8-15(9-7-14)30-13(2)25)24-20(26)17(31-22(24)23-12)11-16-5-4-10-29-16/h4-11,19H,1-3H3/b17-11+/t19-/m1/s1. The molecule has 0 aliphatic carbocycles. The van der Waals surface area contributed by atoms with Gasteiger partial charge in [-0.05, 0) is 36.8 Å². The summed E-state index contributed by atoms with van der Waals surface area (Å²) < 4.78 is 17.3. The van der Waals surface area contributed by atoms with Crippen molar-refractivity contribution in [2.45, 2.75) is 19.9 Å². The fraction of sp³-hybridized carbons (Fsp3) is 0.182. The molecule has 1 aliphatic heterocycles. The molecule has 0 saturated carbocycles. The van der Waals surface area contributed by atoms with Crippen molar-refractivity contribution in [1.82, 2.24) is 4.57 Å². The van der Waals surface area contributed by atoms with E-state index in [1.807, 2.05) is 0 Å². The number of thiazole rings is 1. The first-order valence-electron chi connectivity index (χ1n) is 9.32. The highest BCUT2D eigenvalue weighted by atomic mass is 32.1. The molecule has 8 nitrogen and oxygen atoms in total. The van der Waals surface area contributed by atoms with Crippen molar-refractivity contribution < 1.29 is 23.5 Å². The molecule has 9 heteroatoms. The first-order valence-corrected chi connectivity index (χ1v) is 10.1. The smallest absolute Gasteiger partial charge is 0.338 e. The number of esters is 2. The third-order valence-corrected chi connectivity index (χ3v) is 5.68. The van der Waals surface area contributed by atoms with Crippen LogP contribution in [0.2, 0.25) is 0 Å². The monoisotopic (exact) mass is 438 g/mol. The number of benzene rings is 1. The van der Waals surface area contributed by atoms with Crippen LogP contribution in [0.4, 0.5) is 0 Å². The molecule has 3 aromatic rings. The molecule has 1 atom stereocenters. The molecule has 3 heterocycles. The van der Waals surface area contributed by atoms with Crippen LogP contribution in [0.5, 0.6) is 5.75 Å². The number of carbonyl (C=O) groups is 2. The lowest BCUT2D eigenvalue weighted by molar-refractivity contribution is -0.136. The van der Waals surface area contributed by atoms with Crippen molar-refractivity contribution >= 4 is 29.4 Å². The van der Waals surface area contributed by atoms with Crippen LogP contribution in [-0.2, 0) is 14.3 Å². The van der Waals surface area contributed by atoms with E-state index in [9.17, 15) is 14.4 Å². The number of hydrogen-bond donors (Lipinski definition) is 0. The average Bonchev–Trinajstić information content (AvgIpc) is 3.35. The Kier molecular flexibility index (Phi) is 5.43. The Balaban J connectivity index is 1.91. The third-order valence-electron chi connectivity index (χ3n) is 4.70. The molecule has 1 aliphatic rings. The molecule has 1 aromatic carbocycles. The lowest BCUT2D eigenvalue weighted by Crippen LogP contribution is -2.39. The zero-order chi connectivity index (χ0) is 22.1. The van der Waals surface area contributed by atoms with Crippen molar-refractivity contribution in [2.75, 3.05) is 7.11 Å². The number of carbonyl (C=O) groups excluding carboxylic acids is 2. The van der Waals surface area contributed by atoms with E-state index in [0.29, 0.717) is 32.1 Å². The van der Waals surface area contributed by atoms with Crippen molar-refractivity contribution in [3.8, 4) is 5.75 Å². The Morgan fingerprint density at radius 3 is 2.58 bits per heavy atom.